The van der Waals surface area contributed by atoms with Gasteiger partial charge in [-0.05, 0) is 5.92 Å². The maximum atomic E-state index is 2.50. The van der Waals surface area contributed by atoms with Gasteiger partial charge in [0.25, 0.3) is 0 Å². The molecule has 0 nitrogen and oxygen atoms in total. The Bertz CT molecular complexity index is 254. The van der Waals surface area contributed by atoms with E-state index in [9.17, 15) is 0 Å². The monoisotopic (exact) mass is 422 g/mol. The molecule has 0 fully saturated rings. The van der Waals surface area contributed by atoms with Crippen LogP contribution in [0.5, 0.6) is 0 Å². The molecule has 0 aliphatic heterocycles. The molecule has 0 aromatic rings. The van der Waals surface area contributed by atoms with Crippen LogP contribution in [0.4, 0.5) is 0 Å². The second-order valence-corrected chi connectivity index (χ2v) is 10.5. The Labute approximate surface area is 193 Å². The van der Waals surface area contributed by atoms with Crippen molar-refractivity contribution in [2.75, 3.05) is 0 Å². The SMILES string of the molecule is CCCCCCCCCCCCCCC(C)CCCCCCCCCCCCCC. The Balaban J connectivity index is 3.13. The van der Waals surface area contributed by atoms with Crippen molar-refractivity contribution >= 4 is 0 Å². The molecule has 0 saturated heterocycles. The summed E-state index contributed by atoms with van der Waals surface area (Å²) < 4.78 is 0. The van der Waals surface area contributed by atoms with E-state index in [1.54, 1.807) is 0 Å². The lowest BCUT2D eigenvalue weighted by Crippen LogP contribution is -1.95. The van der Waals surface area contributed by atoms with E-state index in [0.717, 1.165) is 5.92 Å². The maximum Gasteiger partial charge on any atom is -0.0443 e. The molecule has 0 heterocycles. The maximum absolute atomic E-state index is 2.50. The first-order valence-corrected chi connectivity index (χ1v) is 14.8. The predicted molar refractivity (Wildman–Crippen MR) is 141 cm³/mol. The standard InChI is InChI=1S/C30H62/c1-4-6-8-10-12-14-16-18-20-22-24-26-28-30(3)29-27-25-23-21-19-17-15-13-11-9-7-5-2/h30H,4-29H2,1-3H3. The molecule has 0 bridgehead atoms. The van der Waals surface area contributed by atoms with Crippen molar-refractivity contribution in [1.29, 1.82) is 0 Å². The molecule has 0 heteroatoms. The Hall–Kier alpha value is 0. The molecule has 0 radical (unpaired) electrons. The van der Waals surface area contributed by atoms with Crippen molar-refractivity contribution in [1.82, 2.24) is 0 Å². The summed E-state index contributed by atoms with van der Waals surface area (Å²) in [4.78, 5) is 0. The second-order valence-electron chi connectivity index (χ2n) is 10.5. The minimum absolute atomic E-state index is 0.969. The Morgan fingerprint density at radius 3 is 0.733 bits per heavy atom. The summed E-state index contributed by atoms with van der Waals surface area (Å²) >= 11 is 0. The highest BCUT2D eigenvalue weighted by molar-refractivity contribution is 4.56. The summed E-state index contributed by atoms with van der Waals surface area (Å²) in [6.07, 6.45) is 38.3. The molecule has 182 valence electrons. The Kier molecular flexibility index (Phi) is 27.0. The third-order valence-corrected chi connectivity index (χ3v) is 7.10. The van der Waals surface area contributed by atoms with Crippen LogP contribution in [0.1, 0.15) is 188 Å². The minimum atomic E-state index is 0.969. The molecule has 0 rings (SSSR count). The summed E-state index contributed by atoms with van der Waals surface area (Å²) in [5, 5.41) is 0. The molecule has 0 spiro atoms. The van der Waals surface area contributed by atoms with Crippen molar-refractivity contribution in [3.8, 4) is 0 Å². The van der Waals surface area contributed by atoms with Crippen LogP contribution in [0.3, 0.4) is 0 Å². The van der Waals surface area contributed by atoms with Gasteiger partial charge in [0.15, 0.2) is 0 Å². The highest BCUT2D eigenvalue weighted by Crippen LogP contribution is 2.19. The van der Waals surface area contributed by atoms with Gasteiger partial charge in [-0.25, -0.2) is 0 Å². The lowest BCUT2D eigenvalue weighted by molar-refractivity contribution is 0.429. The van der Waals surface area contributed by atoms with Gasteiger partial charge in [-0.2, -0.15) is 0 Å². The van der Waals surface area contributed by atoms with E-state index in [1.165, 1.54) is 167 Å². The molecule has 0 atom stereocenters. The van der Waals surface area contributed by atoms with Crippen LogP contribution in [-0.2, 0) is 0 Å². The Morgan fingerprint density at radius 1 is 0.300 bits per heavy atom. The van der Waals surface area contributed by atoms with Crippen LogP contribution in [-0.4, -0.2) is 0 Å². The first-order valence-electron chi connectivity index (χ1n) is 14.8. The number of hydrogen-bond acceptors (Lipinski definition) is 0. The molecular weight excluding hydrogens is 360 g/mol. The molecule has 0 amide bonds. The van der Waals surface area contributed by atoms with Crippen LogP contribution in [0.25, 0.3) is 0 Å². The highest BCUT2D eigenvalue weighted by atomic mass is 14.1. The molecule has 30 heavy (non-hydrogen) atoms. The zero-order valence-corrected chi connectivity index (χ0v) is 22.0. The molecule has 0 aliphatic carbocycles. The summed E-state index contributed by atoms with van der Waals surface area (Å²) in [6.45, 7) is 7.11. The first-order chi connectivity index (χ1) is 14.8. The molecule has 0 aromatic carbocycles. The topological polar surface area (TPSA) is 0 Å². The molecule has 0 unspecified atom stereocenters. The fourth-order valence-electron chi connectivity index (χ4n) is 4.81. The minimum Gasteiger partial charge on any atom is -0.0654 e. The number of rotatable bonds is 26. The normalized spacial score (nSPS) is 11.6. The van der Waals surface area contributed by atoms with Gasteiger partial charge < -0.3 is 0 Å². The van der Waals surface area contributed by atoms with Gasteiger partial charge in [-0.15, -0.1) is 0 Å². The van der Waals surface area contributed by atoms with Crippen molar-refractivity contribution in [3.63, 3.8) is 0 Å². The average Bonchev–Trinajstić information content (AvgIpc) is 2.75. The van der Waals surface area contributed by atoms with Gasteiger partial charge in [-0.3, -0.25) is 0 Å². The van der Waals surface area contributed by atoms with Gasteiger partial charge in [0.05, 0.1) is 0 Å². The van der Waals surface area contributed by atoms with Gasteiger partial charge in [0.1, 0.15) is 0 Å². The van der Waals surface area contributed by atoms with Crippen molar-refractivity contribution in [2.45, 2.75) is 188 Å². The van der Waals surface area contributed by atoms with Crippen LogP contribution in [0.2, 0.25) is 0 Å². The largest absolute Gasteiger partial charge is 0.0654 e. The molecule has 0 aromatic heterocycles. The zero-order valence-electron chi connectivity index (χ0n) is 22.0. The highest BCUT2D eigenvalue weighted by Gasteiger charge is 2.02. The fourth-order valence-corrected chi connectivity index (χ4v) is 4.81. The summed E-state index contributed by atoms with van der Waals surface area (Å²) in [5.74, 6) is 0.969. The predicted octanol–water partition coefficient (Wildman–Crippen LogP) is 11.8. The van der Waals surface area contributed by atoms with Crippen LogP contribution in [0, 0.1) is 5.92 Å². The van der Waals surface area contributed by atoms with Crippen molar-refractivity contribution < 1.29 is 0 Å². The van der Waals surface area contributed by atoms with E-state index in [-0.39, 0.29) is 0 Å². The third kappa shape index (κ3) is 26.0. The molecule has 0 saturated carbocycles. The molecule has 0 N–H and O–H groups in total. The van der Waals surface area contributed by atoms with Crippen LogP contribution < -0.4 is 0 Å². The van der Waals surface area contributed by atoms with Crippen molar-refractivity contribution in [3.05, 3.63) is 0 Å². The van der Waals surface area contributed by atoms with E-state index in [1.807, 2.05) is 0 Å². The lowest BCUT2D eigenvalue weighted by Gasteiger charge is -2.11. The Morgan fingerprint density at radius 2 is 0.500 bits per heavy atom. The quantitative estimate of drug-likeness (QED) is 0.122. The number of unbranched alkanes of at least 4 members (excludes halogenated alkanes) is 22. The average molecular weight is 423 g/mol. The van der Waals surface area contributed by atoms with Crippen LogP contribution >= 0.6 is 0 Å². The van der Waals surface area contributed by atoms with E-state index in [4.69, 9.17) is 0 Å². The summed E-state index contributed by atoms with van der Waals surface area (Å²) in [6, 6.07) is 0. The van der Waals surface area contributed by atoms with Gasteiger partial charge in [-0.1, -0.05) is 188 Å². The summed E-state index contributed by atoms with van der Waals surface area (Å²) in [7, 11) is 0. The fraction of sp³-hybridized carbons (Fsp3) is 1.00. The molecule has 0 aliphatic rings. The van der Waals surface area contributed by atoms with E-state index >= 15 is 0 Å². The first kappa shape index (κ1) is 30.0. The molecular formula is C30H62. The van der Waals surface area contributed by atoms with Crippen LogP contribution in [0.15, 0.2) is 0 Å². The van der Waals surface area contributed by atoms with Gasteiger partial charge in [0, 0.05) is 0 Å². The lowest BCUT2D eigenvalue weighted by atomic mass is 9.95. The number of hydrogen-bond donors (Lipinski definition) is 0. The van der Waals surface area contributed by atoms with E-state index in [0.29, 0.717) is 0 Å². The zero-order chi connectivity index (χ0) is 22.0. The van der Waals surface area contributed by atoms with E-state index in [2.05, 4.69) is 20.8 Å². The third-order valence-electron chi connectivity index (χ3n) is 7.10. The van der Waals surface area contributed by atoms with Gasteiger partial charge in [0.2, 0.25) is 0 Å². The smallest absolute Gasteiger partial charge is 0.0443 e. The second kappa shape index (κ2) is 27.0. The summed E-state index contributed by atoms with van der Waals surface area (Å²) in [5.41, 5.74) is 0. The van der Waals surface area contributed by atoms with Crippen molar-refractivity contribution in [2.24, 2.45) is 5.92 Å². The van der Waals surface area contributed by atoms with E-state index < -0.39 is 0 Å². The van der Waals surface area contributed by atoms with Gasteiger partial charge >= 0.3 is 0 Å².